The lowest BCUT2D eigenvalue weighted by molar-refractivity contribution is -0.145. The predicted octanol–water partition coefficient (Wildman–Crippen LogP) is 2.57. The highest BCUT2D eigenvalue weighted by Gasteiger charge is 2.48. The molecule has 2 aliphatic rings. The van der Waals surface area contributed by atoms with Gasteiger partial charge in [-0.3, -0.25) is 14.6 Å². The van der Waals surface area contributed by atoms with Gasteiger partial charge in [-0.1, -0.05) is 23.4 Å². The lowest BCUT2D eigenvalue weighted by atomic mass is 9.61. The molecule has 7 heteroatoms. The molecule has 5 rings (SSSR count). The zero-order valence-corrected chi connectivity index (χ0v) is 16.7. The molecule has 1 saturated heterocycles. The molecule has 1 aliphatic heterocycles. The number of rotatable bonds is 5. The number of carbonyl (C=O) groups excluding carboxylic acids is 2. The first-order valence-corrected chi connectivity index (χ1v) is 10.5. The molecule has 154 valence electrons. The Bertz CT molecular complexity index is 1060. The Balaban J connectivity index is 1.19. The van der Waals surface area contributed by atoms with E-state index in [1.54, 1.807) is 6.20 Å². The standard InChI is InChI=1S/C23H24N4O3/c28-22(12-20-17-6-1-2-7-21(17)30-26-20)27-10-8-15-11-18(19(15)14-27)23(29)25-13-16-5-3-4-9-24-16/h1-7,9,15,18-19H,8,10-14H2,(H,25,29)/t15-,18-,19-/m1/s1. The quantitative estimate of drug-likeness (QED) is 0.706. The van der Waals surface area contributed by atoms with E-state index in [9.17, 15) is 9.59 Å². The zero-order chi connectivity index (χ0) is 20.5. The van der Waals surface area contributed by atoms with Gasteiger partial charge in [0.2, 0.25) is 11.8 Å². The van der Waals surface area contributed by atoms with Gasteiger partial charge < -0.3 is 14.7 Å². The summed E-state index contributed by atoms with van der Waals surface area (Å²) in [5.74, 6) is 0.862. The molecule has 0 unspecified atom stereocenters. The van der Waals surface area contributed by atoms with Crippen LogP contribution >= 0.6 is 0 Å². The Hall–Kier alpha value is -3.22. The van der Waals surface area contributed by atoms with Crippen LogP contribution in [-0.2, 0) is 22.6 Å². The van der Waals surface area contributed by atoms with Crippen molar-refractivity contribution in [3.05, 3.63) is 60.0 Å². The van der Waals surface area contributed by atoms with Crippen LogP contribution in [0.25, 0.3) is 11.0 Å². The topological polar surface area (TPSA) is 88.3 Å². The Morgan fingerprint density at radius 1 is 1.17 bits per heavy atom. The number of aromatic nitrogens is 2. The van der Waals surface area contributed by atoms with Crippen LogP contribution in [0.3, 0.4) is 0 Å². The summed E-state index contributed by atoms with van der Waals surface area (Å²) in [5.41, 5.74) is 2.22. The highest BCUT2D eigenvalue weighted by molar-refractivity contribution is 5.86. The highest BCUT2D eigenvalue weighted by Crippen LogP contribution is 2.45. The molecule has 2 aromatic heterocycles. The molecule has 2 fully saturated rings. The number of hydrogen-bond donors (Lipinski definition) is 1. The van der Waals surface area contributed by atoms with Crippen molar-refractivity contribution in [2.24, 2.45) is 17.8 Å². The Labute approximate surface area is 174 Å². The molecule has 0 bridgehead atoms. The summed E-state index contributed by atoms with van der Waals surface area (Å²) in [6.45, 7) is 1.83. The van der Waals surface area contributed by atoms with Gasteiger partial charge >= 0.3 is 0 Å². The molecular weight excluding hydrogens is 380 g/mol. The summed E-state index contributed by atoms with van der Waals surface area (Å²) >= 11 is 0. The van der Waals surface area contributed by atoms with E-state index in [1.165, 1.54) is 0 Å². The number of piperidine rings is 1. The Morgan fingerprint density at radius 3 is 2.90 bits per heavy atom. The molecule has 30 heavy (non-hydrogen) atoms. The number of likely N-dealkylation sites (tertiary alicyclic amines) is 1. The minimum absolute atomic E-state index is 0.0257. The first kappa shape index (κ1) is 18.8. The number of benzene rings is 1. The third kappa shape index (κ3) is 3.56. The van der Waals surface area contributed by atoms with E-state index < -0.39 is 0 Å². The van der Waals surface area contributed by atoms with E-state index in [0.29, 0.717) is 30.3 Å². The number of hydrogen-bond acceptors (Lipinski definition) is 5. The van der Waals surface area contributed by atoms with Crippen LogP contribution in [0.4, 0.5) is 0 Å². The van der Waals surface area contributed by atoms with E-state index in [-0.39, 0.29) is 30.1 Å². The van der Waals surface area contributed by atoms with Crippen molar-refractivity contribution in [3.8, 4) is 0 Å². The average Bonchev–Trinajstić information content (AvgIpc) is 3.16. The number of para-hydroxylation sites is 1. The van der Waals surface area contributed by atoms with Crippen LogP contribution in [0.5, 0.6) is 0 Å². The molecular formula is C23H24N4O3. The fourth-order valence-electron chi connectivity index (χ4n) is 4.74. The van der Waals surface area contributed by atoms with Crippen LogP contribution in [0, 0.1) is 17.8 Å². The third-order valence-corrected chi connectivity index (χ3v) is 6.51. The van der Waals surface area contributed by atoms with Gasteiger partial charge in [0.1, 0.15) is 5.69 Å². The second kappa shape index (κ2) is 7.89. The van der Waals surface area contributed by atoms with Crippen LogP contribution in [0.1, 0.15) is 24.2 Å². The molecule has 1 saturated carbocycles. The van der Waals surface area contributed by atoms with E-state index in [0.717, 1.165) is 30.5 Å². The molecule has 7 nitrogen and oxygen atoms in total. The maximum Gasteiger partial charge on any atom is 0.228 e. The Morgan fingerprint density at radius 2 is 2.03 bits per heavy atom. The van der Waals surface area contributed by atoms with E-state index in [4.69, 9.17) is 4.52 Å². The summed E-state index contributed by atoms with van der Waals surface area (Å²) < 4.78 is 5.32. The van der Waals surface area contributed by atoms with Crippen molar-refractivity contribution in [1.29, 1.82) is 0 Å². The summed E-state index contributed by atoms with van der Waals surface area (Å²) in [7, 11) is 0. The van der Waals surface area contributed by atoms with Crippen molar-refractivity contribution in [1.82, 2.24) is 20.4 Å². The minimum Gasteiger partial charge on any atom is -0.356 e. The lowest BCUT2D eigenvalue weighted by Gasteiger charge is -2.50. The SMILES string of the molecule is O=C(NCc1ccccn1)[C@@H]1C[C@H]2CCN(C(=O)Cc3noc4ccccc34)C[C@H]21. The summed E-state index contributed by atoms with van der Waals surface area (Å²) in [4.78, 5) is 31.7. The number of nitrogens with zero attached hydrogens (tertiary/aromatic N) is 3. The van der Waals surface area contributed by atoms with Crippen molar-refractivity contribution < 1.29 is 14.1 Å². The molecule has 3 aromatic rings. The van der Waals surface area contributed by atoms with Gasteiger partial charge in [-0.2, -0.15) is 0 Å². The number of pyridine rings is 1. The molecule has 0 radical (unpaired) electrons. The van der Waals surface area contributed by atoms with E-state index in [2.05, 4.69) is 15.5 Å². The molecule has 0 spiro atoms. The smallest absolute Gasteiger partial charge is 0.228 e. The van der Waals surface area contributed by atoms with Crippen molar-refractivity contribution in [3.63, 3.8) is 0 Å². The summed E-state index contributed by atoms with van der Waals surface area (Å²) in [5, 5.41) is 7.97. The Kier molecular flexibility index (Phi) is 4.94. The number of amides is 2. The molecule has 3 atom stereocenters. The van der Waals surface area contributed by atoms with Gasteiger partial charge in [-0.25, -0.2) is 0 Å². The molecule has 1 N–H and O–H groups in total. The predicted molar refractivity (Wildman–Crippen MR) is 110 cm³/mol. The van der Waals surface area contributed by atoms with Gasteiger partial charge in [-0.15, -0.1) is 0 Å². The van der Waals surface area contributed by atoms with Gasteiger partial charge in [-0.05, 0) is 48.9 Å². The monoisotopic (exact) mass is 404 g/mol. The van der Waals surface area contributed by atoms with Gasteiger partial charge in [0, 0.05) is 30.6 Å². The van der Waals surface area contributed by atoms with Gasteiger partial charge in [0.05, 0.1) is 18.7 Å². The normalized spacial score (nSPS) is 22.9. The van der Waals surface area contributed by atoms with E-state index in [1.807, 2.05) is 47.4 Å². The number of nitrogens with one attached hydrogen (secondary N) is 1. The zero-order valence-electron chi connectivity index (χ0n) is 16.7. The van der Waals surface area contributed by atoms with Crippen molar-refractivity contribution in [2.75, 3.05) is 13.1 Å². The number of carbonyl (C=O) groups is 2. The minimum atomic E-state index is -0.0257. The van der Waals surface area contributed by atoms with Crippen LogP contribution in [0.15, 0.2) is 53.2 Å². The summed E-state index contributed by atoms with van der Waals surface area (Å²) in [6.07, 6.45) is 3.82. The first-order chi connectivity index (χ1) is 14.7. The van der Waals surface area contributed by atoms with Gasteiger partial charge in [0.25, 0.3) is 0 Å². The lowest BCUT2D eigenvalue weighted by Crippen LogP contribution is -2.56. The summed E-state index contributed by atoms with van der Waals surface area (Å²) in [6, 6.07) is 13.3. The largest absolute Gasteiger partial charge is 0.356 e. The fourth-order valence-corrected chi connectivity index (χ4v) is 4.74. The highest BCUT2D eigenvalue weighted by atomic mass is 16.5. The van der Waals surface area contributed by atoms with Crippen molar-refractivity contribution in [2.45, 2.75) is 25.8 Å². The number of fused-ring (bicyclic) bond motifs is 2. The first-order valence-electron chi connectivity index (χ1n) is 10.5. The van der Waals surface area contributed by atoms with Crippen LogP contribution in [-0.4, -0.2) is 39.9 Å². The molecule has 1 aromatic carbocycles. The maximum absolute atomic E-state index is 12.9. The molecule has 3 heterocycles. The third-order valence-electron chi connectivity index (χ3n) is 6.51. The van der Waals surface area contributed by atoms with Crippen molar-refractivity contribution >= 4 is 22.8 Å². The second-order valence-electron chi connectivity index (χ2n) is 8.24. The second-order valence-corrected chi connectivity index (χ2v) is 8.24. The molecule has 2 amide bonds. The van der Waals surface area contributed by atoms with Crippen LogP contribution in [0.2, 0.25) is 0 Å². The van der Waals surface area contributed by atoms with Gasteiger partial charge in [0.15, 0.2) is 5.58 Å². The maximum atomic E-state index is 12.9. The van der Waals surface area contributed by atoms with E-state index >= 15 is 0 Å². The van der Waals surface area contributed by atoms with Crippen LogP contribution < -0.4 is 5.32 Å². The fraction of sp³-hybridized carbons (Fsp3) is 0.391. The average molecular weight is 404 g/mol. The molecule has 1 aliphatic carbocycles.